The maximum atomic E-state index is 11.7. The van der Waals surface area contributed by atoms with Crippen molar-refractivity contribution in [1.82, 2.24) is 5.32 Å². The first-order chi connectivity index (χ1) is 9.88. The van der Waals surface area contributed by atoms with Gasteiger partial charge in [0.05, 0.1) is 13.0 Å². The van der Waals surface area contributed by atoms with Crippen LogP contribution in [0.1, 0.15) is 32.3 Å². The minimum Gasteiger partial charge on any atom is -0.493 e. The summed E-state index contributed by atoms with van der Waals surface area (Å²) in [6.07, 6.45) is 0.551. The largest absolute Gasteiger partial charge is 0.493 e. The molecule has 0 aliphatic rings. The second kappa shape index (κ2) is 8.29. The Hall–Kier alpha value is -2.04. The lowest BCUT2D eigenvalue weighted by Crippen LogP contribution is -2.42. The van der Waals surface area contributed by atoms with Crippen LogP contribution in [0.25, 0.3) is 0 Å². The van der Waals surface area contributed by atoms with Crippen LogP contribution < -0.4 is 10.1 Å². The van der Waals surface area contributed by atoms with E-state index in [0.29, 0.717) is 12.2 Å². The van der Waals surface area contributed by atoms with Crippen LogP contribution in [0.5, 0.6) is 5.75 Å². The number of carbonyl (C=O) groups excluding carboxylic acids is 1. The molecule has 1 rings (SSSR count). The second-order valence-corrected chi connectivity index (χ2v) is 5.50. The highest BCUT2D eigenvalue weighted by Gasteiger charge is 2.20. The van der Waals surface area contributed by atoms with E-state index in [1.807, 2.05) is 45.0 Å². The van der Waals surface area contributed by atoms with Gasteiger partial charge in [-0.3, -0.25) is 4.79 Å². The zero-order valence-corrected chi connectivity index (χ0v) is 12.8. The summed E-state index contributed by atoms with van der Waals surface area (Å²) in [4.78, 5) is 22.8. The standard InChI is InChI=1S/C16H23NO4/c1-11(2)9-14(16(19)20)17-15(18)7-8-21-13-6-4-5-12(3)10-13/h4-6,10-11,14H,7-9H2,1-3H3,(H,17,18)(H,19,20)/t14-/m0/s1. The number of nitrogens with one attached hydrogen (secondary N) is 1. The molecule has 116 valence electrons. The van der Waals surface area contributed by atoms with Gasteiger partial charge >= 0.3 is 5.97 Å². The predicted molar refractivity (Wildman–Crippen MR) is 80.3 cm³/mol. The SMILES string of the molecule is Cc1cccc(OCCC(=O)N[C@@H](CC(C)C)C(=O)O)c1. The van der Waals surface area contributed by atoms with E-state index in [2.05, 4.69) is 5.32 Å². The molecular weight excluding hydrogens is 270 g/mol. The van der Waals surface area contributed by atoms with Gasteiger partial charge in [0.25, 0.3) is 0 Å². The van der Waals surface area contributed by atoms with Crippen molar-refractivity contribution in [2.45, 2.75) is 39.7 Å². The topological polar surface area (TPSA) is 75.6 Å². The quantitative estimate of drug-likeness (QED) is 0.771. The van der Waals surface area contributed by atoms with Gasteiger partial charge in [-0.2, -0.15) is 0 Å². The number of benzene rings is 1. The summed E-state index contributed by atoms with van der Waals surface area (Å²) in [6.45, 7) is 6.03. The van der Waals surface area contributed by atoms with E-state index in [0.717, 1.165) is 5.56 Å². The van der Waals surface area contributed by atoms with Crippen molar-refractivity contribution in [3.8, 4) is 5.75 Å². The number of rotatable bonds is 8. The molecular formula is C16H23NO4. The molecule has 0 saturated heterocycles. The molecule has 0 aliphatic heterocycles. The fourth-order valence-electron chi connectivity index (χ4n) is 1.93. The Labute approximate surface area is 125 Å². The van der Waals surface area contributed by atoms with Crippen molar-refractivity contribution < 1.29 is 19.4 Å². The molecule has 1 atom stereocenters. The molecule has 0 aromatic heterocycles. The van der Waals surface area contributed by atoms with Crippen LogP contribution in [0, 0.1) is 12.8 Å². The number of carboxylic acids is 1. The summed E-state index contributed by atoms with van der Waals surface area (Å²) < 4.78 is 5.47. The molecule has 1 aromatic carbocycles. The molecule has 0 bridgehead atoms. The van der Waals surface area contributed by atoms with E-state index in [1.54, 1.807) is 0 Å². The molecule has 21 heavy (non-hydrogen) atoms. The molecule has 0 fully saturated rings. The number of aliphatic carboxylic acids is 1. The third kappa shape index (κ3) is 6.79. The fraction of sp³-hybridized carbons (Fsp3) is 0.500. The van der Waals surface area contributed by atoms with E-state index in [4.69, 9.17) is 9.84 Å². The van der Waals surface area contributed by atoms with Gasteiger partial charge in [0, 0.05) is 0 Å². The molecule has 0 saturated carbocycles. The highest BCUT2D eigenvalue weighted by Crippen LogP contribution is 2.12. The Morgan fingerprint density at radius 3 is 2.62 bits per heavy atom. The van der Waals surface area contributed by atoms with Crippen molar-refractivity contribution in [3.63, 3.8) is 0 Å². The van der Waals surface area contributed by atoms with Gasteiger partial charge in [-0.1, -0.05) is 26.0 Å². The smallest absolute Gasteiger partial charge is 0.326 e. The minimum atomic E-state index is -1.00. The summed E-state index contributed by atoms with van der Waals surface area (Å²) in [7, 11) is 0. The Morgan fingerprint density at radius 2 is 2.05 bits per heavy atom. The Bertz CT molecular complexity index is 485. The number of ether oxygens (including phenoxy) is 1. The van der Waals surface area contributed by atoms with Crippen LogP contribution >= 0.6 is 0 Å². The summed E-state index contributed by atoms with van der Waals surface area (Å²) in [5, 5.41) is 11.6. The number of hydrogen-bond acceptors (Lipinski definition) is 3. The molecule has 0 unspecified atom stereocenters. The van der Waals surface area contributed by atoms with E-state index in [9.17, 15) is 9.59 Å². The van der Waals surface area contributed by atoms with Gasteiger partial charge in [0.2, 0.25) is 5.91 Å². The first kappa shape index (κ1) is 17.0. The molecule has 1 aromatic rings. The first-order valence-corrected chi connectivity index (χ1v) is 7.10. The molecule has 0 heterocycles. The molecule has 5 heteroatoms. The third-order valence-corrected chi connectivity index (χ3v) is 2.93. The lowest BCUT2D eigenvalue weighted by atomic mass is 10.0. The Balaban J connectivity index is 2.37. The third-order valence-electron chi connectivity index (χ3n) is 2.93. The fourth-order valence-corrected chi connectivity index (χ4v) is 1.93. The van der Waals surface area contributed by atoms with Gasteiger partial charge in [-0.25, -0.2) is 4.79 Å². The number of carbonyl (C=O) groups is 2. The van der Waals surface area contributed by atoms with Crippen molar-refractivity contribution >= 4 is 11.9 Å². The lowest BCUT2D eigenvalue weighted by molar-refractivity contribution is -0.142. The molecule has 0 aliphatic carbocycles. The summed E-state index contributed by atoms with van der Waals surface area (Å²) in [5.74, 6) is -0.401. The van der Waals surface area contributed by atoms with Crippen LogP contribution in [0.4, 0.5) is 0 Å². The predicted octanol–water partition coefficient (Wildman–Crippen LogP) is 2.38. The average Bonchev–Trinajstić information content (AvgIpc) is 2.37. The first-order valence-electron chi connectivity index (χ1n) is 7.10. The van der Waals surface area contributed by atoms with Crippen molar-refractivity contribution in [1.29, 1.82) is 0 Å². The monoisotopic (exact) mass is 293 g/mol. The van der Waals surface area contributed by atoms with Gasteiger partial charge in [0.15, 0.2) is 0 Å². The molecule has 5 nitrogen and oxygen atoms in total. The zero-order valence-electron chi connectivity index (χ0n) is 12.8. The number of aryl methyl sites for hydroxylation is 1. The number of carboxylic acid groups (broad SMARTS) is 1. The summed E-state index contributed by atoms with van der Waals surface area (Å²) >= 11 is 0. The van der Waals surface area contributed by atoms with Crippen LogP contribution in [0.3, 0.4) is 0 Å². The number of amides is 1. The van der Waals surface area contributed by atoms with Gasteiger partial charge in [-0.05, 0) is 37.0 Å². The van der Waals surface area contributed by atoms with E-state index >= 15 is 0 Å². The zero-order chi connectivity index (χ0) is 15.8. The van der Waals surface area contributed by atoms with E-state index < -0.39 is 12.0 Å². The van der Waals surface area contributed by atoms with Crippen molar-refractivity contribution in [3.05, 3.63) is 29.8 Å². The molecule has 1 amide bonds. The summed E-state index contributed by atoms with van der Waals surface area (Å²) in [5.41, 5.74) is 1.08. The summed E-state index contributed by atoms with van der Waals surface area (Å²) in [6, 6.07) is 6.72. The molecule has 2 N–H and O–H groups in total. The number of hydrogen-bond donors (Lipinski definition) is 2. The van der Waals surface area contributed by atoms with Crippen LogP contribution in [-0.2, 0) is 9.59 Å². The lowest BCUT2D eigenvalue weighted by Gasteiger charge is -2.16. The average molecular weight is 293 g/mol. The van der Waals surface area contributed by atoms with Gasteiger partial charge in [-0.15, -0.1) is 0 Å². The van der Waals surface area contributed by atoms with Crippen LogP contribution in [0.15, 0.2) is 24.3 Å². The Kier molecular flexibility index (Phi) is 6.72. The van der Waals surface area contributed by atoms with Gasteiger partial charge in [0.1, 0.15) is 11.8 Å². The molecule has 0 radical (unpaired) electrons. The molecule has 0 spiro atoms. The maximum absolute atomic E-state index is 11.7. The van der Waals surface area contributed by atoms with E-state index in [1.165, 1.54) is 0 Å². The van der Waals surface area contributed by atoms with Crippen molar-refractivity contribution in [2.24, 2.45) is 5.92 Å². The van der Waals surface area contributed by atoms with Crippen LogP contribution in [-0.4, -0.2) is 29.6 Å². The van der Waals surface area contributed by atoms with Gasteiger partial charge < -0.3 is 15.2 Å². The van der Waals surface area contributed by atoms with Crippen molar-refractivity contribution in [2.75, 3.05) is 6.61 Å². The highest BCUT2D eigenvalue weighted by molar-refractivity contribution is 5.83. The second-order valence-electron chi connectivity index (χ2n) is 5.50. The Morgan fingerprint density at radius 1 is 1.33 bits per heavy atom. The van der Waals surface area contributed by atoms with E-state index in [-0.39, 0.29) is 24.9 Å². The highest BCUT2D eigenvalue weighted by atomic mass is 16.5. The van der Waals surface area contributed by atoms with Crippen LogP contribution in [0.2, 0.25) is 0 Å². The maximum Gasteiger partial charge on any atom is 0.326 e. The minimum absolute atomic E-state index is 0.135. The normalized spacial score (nSPS) is 12.0.